The molecule has 0 aliphatic carbocycles. The van der Waals surface area contributed by atoms with E-state index in [1.165, 1.54) is 11.4 Å². The van der Waals surface area contributed by atoms with E-state index < -0.39 is 0 Å². The normalized spacial score (nSPS) is 14.1. The number of nitrogens with one attached hydrogen (secondary N) is 1. The minimum absolute atomic E-state index is 0.0165. The fourth-order valence-corrected chi connectivity index (χ4v) is 3.41. The third-order valence-corrected chi connectivity index (χ3v) is 5.06. The van der Waals surface area contributed by atoms with E-state index in [1.54, 1.807) is 6.20 Å². The molecule has 27 heavy (non-hydrogen) atoms. The van der Waals surface area contributed by atoms with Gasteiger partial charge in [-0.25, -0.2) is 4.79 Å². The van der Waals surface area contributed by atoms with E-state index in [2.05, 4.69) is 58.2 Å². The Morgan fingerprint density at radius 3 is 2.33 bits per heavy atom. The number of piperazine rings is 1. The molecule has 1 aliphatic rings. The minimum Gasteiger partial charge on any atom is -0.372 e. The number of hydrogen-bond donors (Lipinski definition) is 1. The topological polar surface area (TPSA) is 51.7 Å². The van der Waals surface area contributed by atoms with Crippen molar-refractivity contribution in [3.05, 3.63) is 54.4 Å². The summed E-state index contributed by atoms with van der Waals surface area (Å²) in [7, 11) is 0. The number of benzene rings is 1. The fourth-order valence-electron chi connectivity index (χ4n) is 3.41. The zero-order chi connectivity index (χ0) is 19.1. The molecule has 0 saturated carbocycles. The molecule has 1 saturated heterocycles. The van der Waals surface area contributed by atoms with Gasteiger partial charge in [0.15, 0.2) is 0 Å². The predicted octanol–water partition coefficient (Wildman–Crippen LogP) is 2.96. The lowest BCUT2D eigenvalue weighted by atomic mass is 10.2. The number of hydrogen-bond acceptors (Lipinski definition) is 4. The second kappa shape index (κ2) is 9.26. The molecule has 2 heterocycles. The van der Waals surface area contributed by atoms with Crippen LogP contribution in [0.1, 0.15) is 19.5 Å². The molecule has 2 amide bonds. The molecule has 0 bridgehead atoms. The molecule has 144 valence electrons. The lowest BCUT2D eigenvalue weighted by Gasteiger charge is -2.36. The van der Waals surface area contributed by atoms with Gasteiger partial charge in [-0.2, -0.15) is 0 Å². The van der Waals surface area contributed by atoms with Crippen LogP contribution in [-0.2, 0) is 6.54 Å². The Kier molecular flexibility index (Phi) is 6.52. The van der Waals surface area contributed by atoms with Gasteiger partial charge in [0.2, 0.25) is 0 Å². The highest BCUT2D eigenvalue weighted by Crippen LogP contribution is 2.22. The van der Waals surface area contributed by atoms with Crippen LogP contribution in [0.4, 0.5) is 16.2 Å². The smallest absolute Gasteiger partial charge is 0.317 e. The molecule has 2 aromatic rings. The monoisotopic (exact) mass is 367 g/mol. The highest BCUT2D eigenvalue weighted by atomic mass is 16.2. The zero-order valence-corrected chi connectivity index (χ0v) is 16.3. The number of urea groups is 1. The Morgan fingerprint density at radius 1 is 1.04 bits per heavy atom. The number of amides is 2. The van der Waals surface area contributed by atoms with E-state index in [0.717, 1.165) is 45.0 Å². The van der Waals surface area contributed by atoms with Crippen LogP contribution in [-0.4, -0.2) is 55.2 Å². The second-order valence-corrected chi connectivity index (χ2v) is 6.64. The number of carbonyl (C=O) groups is 1. The van der Waals surface area contributed by atoms with E-state index in [0.29, 0.717) is 6.54 Å². The molecule has 1 fully saturated rings. The first-order chi connectivity index (χ1) is 13.2. The summed E-state index contributed by atoms with van der Waals surface area (Å²) >= 11 is 0. The van der Waals surface area contributed by atoms with Crippen molar-refractivity contribution < 1.29 is 4.79 Å². The summed E-state index contributed by atoms with van der Waals surface area (Å²) < 4.78 is 0. The first kappa shape index (κ1) is 19.0. The Bertz CT molecular complexity index is 707. The van der Waals surface area contributed by atoms with Gasteiger partial charge < -0.3 is 20.0 Å². The van der Waals surface area contributed by atoms with Crippen LogP contribution in [0.25, 0.3) is 0 Å². The Balaban J connectivity index is 1.49. The average Bonchev–Trinajstić information content (AvgIpc) is 2.74. The quantitative estimate of drug-likeness (QED) is 0.853. The highest BCUT2D eigenvalue weighted by Gasteiger charge is 2.21. The van der Waals surface area contributed by atoms with Crippen molar-refractivity contribution in [1.82, 2.24) is 15.2 Å². The summed E-state index contributed by atoms with van der Waals surface area (Å²) in [6.45, 7) is 10.0. The van der Waals surface area contributed by atoms with Gasteiger partial charge in [-0.15, -0.1) is 0 Å². The number of anilines is 2. The zero-order valence-electron chi connectivity index (χ0n) is 16.3. The van der Waals surface area contributed by atoms with Crippen molar-refractivity contribution in [3.8, 4) is 0 Å². The van der Waals surface area contributed by atoms with Crippen LogP contribution in [0.3, 0.4) is 0 Å². The lowest BCUT2D eigenvalue weighted by Crippen LogP contribution is -2.51. The van der Waals surface area contributed by atoms with Crippen LogP contribution in [0.5, 0.6) is 0 Å². The number of carbonyl (C=O) groups excluding carboxylic acids is 1. The molecule has 1 aliphatic heterocycles. The lowest BCUT2D eigenvalue weighted by molar-refractivity contribution is 0.194. The van der Waals surface area contributed by atoms with Crippen molar-refractivity contribution in [2.24, 2.45) is 0 Å². The molecule has 6 heteroatoms. The van der Waals surface area contributed by atoms with Crippen molar-refractivity contribution in [1.29, 1.82) is 0 Å². The molecule has 3 rings (SSSR count). The summed E-state index contributed by atoms with van der Waals surface area (Å²) in [5.41, 5.74) is 3.36. The molecule has 0 spiro atoms. The van der Waals surface area contributed by atoms with Crippen molar-refractivity contribution in [2.45, 2.75) is 20.4 Å². The van der Waals surface area contributed by atoms with Gasteiger partial charge in [0.1, 0.15) is 0 Å². The Hall–Kier alpha value is -2.76. The van der Waals surface area contributed by atoms with E-state index in [-0.39, 0.29) is 6.03 Å². The van der Waals surface area contributed by atoms with Gasteiger partial charge in [-0.3, -0.25) is 4.98 Å². The van der Waals surface area contributed by atoms with E-state index in [1.807, 2.05) is 23.1 Å². The summed E-state index contributed by atoms with van der Waals surface area (Å²) in [5, 5.41) is 2.96. The number of pyridine rings is 1. The molecule has 1 aromatic carbocycles. The average molecular weight is 367 g/mol. The second-order valence-electron chi connectivity index (χ2n) is 6.64. The minimum atomic E-state index is -0.0165. The third-order valence-electron chi connectivity index (χ3n) is 5.06. The molecule has 0 unspecified atom stereocenters. The van der Waals surface area contributed by atoms with E-state index in [4.69, 9.17) is 0 Å². The van der Waals surface area contributed by atoms with Gasteiger partial charge in [0.05, 0.1) is 12.2 Å². The number of nitrogens with zero attached hydrogens (tertiary/aromatic N) is 4. The first-order valence-electron chi connectivity index (χ1n) is 9.74. The summed E-state index contributed by atoms with van der Waals surface area (Å²) in [6, 6.07) is 14.5. The van der Waals surface area contributed by atoms with Crippen LogP contribution in [0, 0.1) is 0 Å². The molecule has 6 nitrogen and oxygen atoms in total. The molecule has 1 aromatic heterocycles. The van der Waals surface area contributed by atoms with Crippen LogP contribution in [0.15, 0.2) is 48.7 Å². The molecule has 0 radical (unpaired) electrons. The summed E-state index contributed by atoms with van der Waals surface area (Å²) in [4.78, 5) is 23.2. The molecule has 1 N–H and O–H groups in total. The largest absolute Gasteiger partial charge is 0.372 e. The summed E-state index contributed by atoms with van der Waals surface area (Å²) in [5.74, 6) is 0. The predicted molar refractivity (Wildman–Crippen MR) is 110 cm³/mol. The van der Waals surface area contributed by atoms with Crippen molar-refractivity contribution in [3.63, 3.8) is 0 Å². The first-order valence-corrected chi connectivity index (χ1v) is 9.74. The van der Waals surface area contributed by atoms with Crippen LogP contribution < -0.4 is 15.1 Å². The van der Waals surface area contributed by atoms with Gasteiger partial charge in [0.25, 0.3) is 0 Å². The maximum Gasteiger partial charge on any atom is 0.317 e. The standard InChI is InChI=1S/C21H29N5O/c1-3-24(4-2)19-8-10-20(11-9-19)25-13-15-26(16-14-25)21(27)23-17-18-7-5-6-12-22-18/h5-12H,3-4,13-17H2,1-2H3,(H,23,27). The fraction of sp³-hybridized carbons (Fsp3) is 0.429. The molecular weight excluding hydrogens is 338 g/mol. The van der Waals surface area contributed by atoms with E-state index in [9.17, 15) is 4.79 Å². The van der Waals surface area contributed by atoms with Gasteiger partial charge in [-0.1, -0.05) is 6.07 Å². The number of rotatable bonds is 6. The Labute approximate surface area is 161 Å². The van der Waals surface area contributed by atoms with Gasteiger partial charge in [0, 0.05) is 56.8 Å². The van der Waals surface area contributed by atoms with Crippen LogP contribution in [0.2, 0.25) is 0 Å². The van der Waals surface area contributed by atoms with E-state index >= 15 is 0 Å². The molecule has 0 atom stereocenters. The Morgan fingerprint density at radius 2 is 1.74 bits per heavy atom. The van der Waals surface area contributed by atoms with Crippen molar-refractivity contribution in [2.75, 3.05) is 49.1 Å². The maximum absolute atomic E-state index is 12.4. The highest BCUT2D eigenvalue weighted by molar-refractivity contribution is 5.74. The van der Waals surface area contributed by atoms with Gasteiger partial charge >= 0.3 is 6.03 Å². The maximum atomic E-state index is 12.4. The molecular formula is C21H29N5O. The SMILES string of the molecule is CCN(CC)c1ccc(N2CCN(C(=O)NCc3ccccn3)CC2)cc1. The third kappa shape index (κ3) is 4.90. The summed E-state index contributed by atoms with van der Waals surface area (Å²) in [6.07, 6.45) is 1.74. The van der Waals surface area contributed by atoms with Gasteiger partial charge in [-0.05, 0) is 50.2 Å². The van der Waals surface area contributed by atoms with Crippen LogP contribution >= 0.6 is 0 Å². The number of aromatic nitrogens is 1. The van der Waals surface area contributed by atoms with Crippen molar-refractivity contribution >= 4 is 17.4 Å².